The molecule has 114 valence electrons. The number of hydrogen-bond donors (Lipinski definition) is 0. The molecule has 0 fully saturated rings. The number of hydrogen-bond acceptors (Lipinski definition) is 2. The molecule has 0 radical (unpaired) electrons. The Labute approximate surface area is 137 Å². The molecular formula is C21H20N2. The Balaban J connectivity index is 1.86. The van der Waals surface area contributed by atoms with Gasteiger partial charge in [-0.1, -0.05) is 78.4 Å². The number of benzene rings is 3. The normalized spacial score (nSPS) is 10.8. The highest BCUT2D eigenvalue weighted by molar-refractivity contribution is 5.80. The molecular weight excluding hydrogens is 280 g/mol. The zero-order chi connectivity index (χ0) is 15.9. The molecule has 23 heavy (non-hydrogen) atoms. The summed E-state index contributed by atoms with van der Waals surface area (Å²) in [6.45, 7) is 2.84. The van der Waals surface area contributed by atoms with Gasteiger partial charge in [0, 0.05) is 0 Å². The van der Waals surface area contributed by atoms with Crippen molar-refractivity contribution in [3.05, 3.63) is 102 Å². The molecule has 0 amide bonds. The van der Waals surface area contributed by atoms with E-state index in [0.717, 1.165) is 17.8 Å². The van der Waals surface area contributed by atoms with Gasteiger partial charge in [0.25, 0.3) is 0 Å². The van der Waals surface area contributed by atoms with E-state index >= 15 is 0 Å². The van der Waals surface area contributed by atoms with Crippen molar-refractivity contribution in [2.75, 3.05) is 5.01 Å². The van der Waals surface area contributed by atoms with E-state index in [1.54, 1.807) is 0 Å². The third-order valence-corrected chi connectivity index (χ3v) is 3.65. The maximum absolute atomic E-state index is 4.70. The summed E-state index contributed by atoms with van der Waals surface area (Å²) in [6, 6.07) is 29.0. The highest BCUT2D eigenvalue weighted by atomic mass is 15.4. The third kappa shape index (κ3) is 4.30. The van der Waals surface area contributed by atoms with Crippen LogP contribution in [0.25, 0.3) is 0 Å². The molecule has 0 bridgehead atoms. The van der Waals surface area contributed by atoms with Crippen molar-refractivity contribution in [1.29, 1.82) is 0 Å². The van der Waals surface area contributed by atoms with Crippen molar-refractivity contribution in [2.45, 2.75) is 13.5 Å². The lowest BCUT2D eigenvalue weighted by molar-refractivity contribution is 0.858. The lowest BCUT2D eigenvalue weighted by Crippen LogP contribution is -2.16. The van der Waals surface area contributed by atoms with Gasteiger partial charge in [-0.25, -0.2) is 0 Å². The SMILES string of the molecule is Cc1ccc(N(Cc2ccccc2)/N=C/c2ccccc2)cc1. The van der Waals surface area contributed by atoms with E-state index in [-0.39, 0.29) is 0 Å². The van der Waals surface area contributed by atoms with Gasteiger partial charge >= 0.3 is 0 Å². The molecule has 0 spiro atoms. The molecule has 0 aliphatic carbocycles. The van der Waals surface area contributed by atoms with E-state index in [1.165, 1.54) is 11.1 Å². The summed E-state index contributed by atoms with van der Waals surface area (Å²) in [5.74, 6) is 0. The van der Waals surface area contributed by atoms with Gasteiger partial charge in [-0.3, -0.25) is 5.01 Å². The third-order valence-electron chi connectivity index (χ3n) is 3.65. The van der Waals surface area contributed by atoms with Gasteiger partial charge in [-0.2, -0.15) is 5.10 Å². The fraction of sp³-hybridized carbons (Fsp3) is 0.0952. The Bertz CT molecular complexity index is 747. The molecule has 3 rings (SSSR count). The number of rotatable bonds is 5. The molecule has 0 atom stereocenters. The van der Waals surface area contributed by atoms with Crippen LogP contribution < -0.4 is 5.01 Å². The second-order valence-electron chi connectivity index (χ2n) is 5.53. The number of aryl methyl sites for hydroxylation is 1. The summed E-state index contributed by atoms with van der Waals surface area (Å²) >= 11 is 0. The average molecular weight is 300 g/mol. The summed E-state index contributed by atoms with van der Waals surface area (Å²) in [5, 5.41) is 6.73. The first kappa shape index (κ1) is 15.0. The minimum absolute atomic E-state index is 0.743. The van der Waals surface area contributed by atoms with Gasteiger partial charge in [0.2, 0.25) is 0 Å². The molecule has 0 aromatic heterocycles. The Hall–Kier alpha value is -2.87. The van der Waals surface area contributed by atoms with Crippen molar-refractivity contribution in [3.63, 3.8) is 0 Å². The smallest absolute Gasteiger partial charge is 0.0666 e. The second kappa shape index (κ2) is 7.41. The highest BCUT2D eigenvalue weighted by Gasteiger charge is 2.05. The topological polar surface area (TPSA) is 15.6 Å². The monoisotopic (exact) mass is 300 g/mol. The highest BCUT2D eigenvalue weighted by Crippen LogP contribution is 2.18. The van der Waals surface area contributed by atoms with Gasteiger partial charge in [0.15, 0.2) is 0 Å². The summed E-state index contributed by atoms with van der Waals surface area (Å²) in [6.07, 6.45) is 1.91. The fourth-order valence-electron chi connectivity index (χ4n) is 2.35. The van der Waals surface area contributed by atoms with Crippen LogP contribution in [0.5, 0.6) is 0 Å². The summed E-state index contributed by atoms with van der Waals surface area (Å²) in [4.78, 5) is 0. The van der Waals surface area contributed by atoms with Crippen LogP contribution in [0.2, 0.25) is 0 Å². The van der Waals surface area contributed by atoms with Crippen LogP contribution in [0.15, 0.2) is 90.0 Å². The van der Waals surface area contributed by atoms with Crippen molar-refractivity contribution in [2.24, 2.45) is 5.10 Å². The van der Waals surface area contributed by atoms with Gasteiger partial charge in [0.05, 0.1) is 18.4 Å². The Morgan fingerprint density at radius 1 is 0.783 bits per heavy atom. The fourth-order valence-corrected chi connectivity index (χ4v) is 2.35. The second-order valence-corrected chi connectivity index (χ2v) is 5.53. The van der Waals surface area contributed by atoms with Gasteiger partial charge in [-0.05, 0) is 30.2 Å². The molecule has 3 aromatic rings. The van der Waals surface area contributed by atoms with Crippen LogP contribution in [0.4, 0.5) is 5.69 Å². The van der Waals surface area contributed by atoms with Crippen LogP contribution in [0, 0.1) is 6.92 Å². The first-order chi connectivity index (χ1) is 11.3. The molecule has 0 N–H and O–H groups in total. The minimum atomic E-state index is 0.743. The van der Waals surface area contributed by atoms with Crippen molar-refractivity contribution in [3.8, 4) is 0 Å². The summed E-state index contributed by atoms with van der Waals surface area (Å²) < 4.78 is 0. The quantitative estimate of drug-likeness (QED) is 0.476. The van der Waals surface area contributed by atoms with E-state index in [2.05, 4.69) is 67.6 Å². The average Bonchev–Trinajstić information content (AvgIpc) is 2.61. The molecule has 0 saturated heterocycles. The maximum atomic E-state index is 4.70. The first-order valence-corrected chi connectivity index (χ1v) is 7.78. The van der Waals surface area contributed by atoms with E-state index in [9.17, 15) is 0 Å². The van der Waals surface area contributed by atoms with Crippen LogP contribution in [0.1, 0.15) is 16.7 Å². The Kier molecular flexibility index (Phi) is 4.85. The molecule has 2 heteroatoms. The van der Waals surface area contributed by atoms with E-state index in [1.807, 2.05) is 35.5 Å². The summed E-state index contributed by atoms with van der Waals surface area (Å²) in [7, 11) is 0. The zero-order valence-corrected chi connectivity index (χ0v) is 13.3. The molecule has 0 aliphatic rings. The van der Waals surface area contributed by atoms with Crippen LogP contribution >= 0.6 is 0 Å². The van der Waals surface area contributed by atoms with Gasteiger partial charge in [-0.15, -0.1) is 0 Å². The van der Waals surface area contributed by atoms with Crippen molar-refractivity contribution < 1.29 is 0 Å². The predicted molar refractivity (Wildman–Crippen MR) is 97.8 cm³/mol. The van der Waals surface area contributed by atoms with Crippen molar-refractivity contribution in [1.82, 2.24) is 0 Å². The molecule has 0 aliphatic heterocycles. The first-order valence-electron chi connectivity index (χ1n) is 7.78. The van der Waals surface area contributed by atoms with Crippen molar-refractivity contribution >= 4 is 11.9 Å². The maximum Gasteiger partial charge on any atom is 0.0666 e. The van der Waals surface area contributed by atoms with E-state index in [0.29, 0.717) is 0 Å². The molecule has 3 aromatic carbocycles. The Morgan fingerprint density at radius 2 is 1.39 bits per heavy atom. The van der Waals surface area contributed by atoms with Crippen LogP contribution in [-0.4, -0.2) is 6.21 Å². The molecule has 0 saturated carbocycles. The van der Waals surface area contributed by atoms with Crippen LogP contribution in [-0.2, 0) is 6.54 Å². The number of anilines is 1. The minimum Gasteiger partial charge on any atom is -0.261 e. The van der Waals surface area contributed by atoms with Gasteiger partial charge < -0.3 is 0 Å². The summed E-state index contributed by atoms with van der Waals surface area (Å²) in [5.41, 5.74) is 4.67. The lowest BCUT2D eigenvalue weighted by Gasteiger charge is -2.19. The van der Waals surface area contributed by atoms with E-state index in [4.69, 9.17) is 5.10 Å². The standard InChI is InChI=1S/C21H20N2/c1-18-12-14-21(15-13-18)23(17-20-10-6-3-7-11-20)22-16-19-8-4-2-5-9-19/h2-16H,17H2,1H3/b22-16+. The molecule has 2 nitrogen and oxygen atoms in total. The molecule has 0 unspecified atom stereocenters. The zero-order valence-electron chi connectivity index (χ0n) is 13.3. The largest absolute Gasteiger partial charge is 0.261 e. The number of nitrogens with zero attached hydrogens (tertiary/aromatic N) is 2. The van der Waals surface area contributed by atoms with Gasteiger partial charge in [0.1, 0.15) is 0 Å². The molecule has 0 heterocycles. The Morgan fingerprint density at radius 3 is 2.04 bits per heavy atom. The van der Waals surface area contributed by atoms with Crippen LogP contribution in [0.3, 0.4) is 0 Å². The predicted octanol–water partition coefficient (Wildman–Crippen LogP) is 5.04. The lowest BCUT2D eigenvalue weighted by atomic mass is 10.2. The number of hydrazone groups is 1. The van der Waals surface area contributed by atoms with E-state index < -0.39 is 0 Å².